The quantitative estimate of drug-likeness (QED) is 0.182. The molecule has 0 radical (unpaired) electrons. The van der Waals surface area contributed by atoms with Gasteiger partial charge < -0.3 is 0 Å². The van der Waals surface area contributed by atoms with Gasteiger partial charge in [-0.2, -0.15) is 10.5 Å². The molecule has 0 N–H and O–H groups in total. The van der Waals surface area contributed by atoms with E-state index in [-0.39, 0.29) is 10.8 Å². The normalized spacial score (nSPS) is 14.5. The van der Waals surface area contributed by atoms with E-state index in [9.17, 15) is 10.5 Å². The zero-order chi connectivity index (χ0) is 32.9. The molecule has 0 atom stereocenters. The lowest BCUT2D eigenvalue weighted by molar-refractivity contribution is 0.660. The van der Waals surface area contributed by atoms with Gasteiger partial charge in [-0.3, -0.25) is 0 Å². The maximum atomic E-state index is 9.63. The van der Waals surface area contributed by atoms with Crippen molar-refractivity contribution in [3.05, 3.63) is 155 Å². The molecule has 226 valence electrons. The summed E-state index contributed by atoms with van der Waals surface area (Å²) in [7, 11) is 0. The largest absolute Gasteiger partial charge is 0.192 e. The lowest BCUT2D eigenvalue weighted by atomic mass is 9.79. The van der Waals surface area contributed by atoms with Crippen molar-refractivity contribution < 1.29 is 0 Å². The number of fused-ring (bicyclic) bond motifs is 8. The van der Waals surface area contributed by atoms with E-state index >= 15 is 0 Å². The lowest BCUT2D eigenvalue weighted by Crippen LogP contribution is -2.15. The summed E-state index contributed by atoms with van der Waals surface area (Å²) >= 11 is 0. The summed E-state index contributed by atoms with van der Waals surface area (Å²) in [5.41, 5.74) is 15.8. The Bertz CT molecular complexity index is 2400. The highest BCUT2D eigenvalue weighted by Gasteiger charge is 2.37. The smallest absolute Gasteiger partial charge is 0.0991 e. The van der Waals surface area contributed by atoms with Crippen molar-refractivity contribution in [2.24, 2.45) is 0 Å². The molecule has 0 amide bonds. The number of hydrogen-bond acceptors (Lipinski definition) is 2. The van der Waals surface area contributed by atoms with Crippen LogP contribution in [-0.4, -0.2) is 0 Å². The molecule has 0 bridgehead atoms. The molecule has 0 fully saturated rings. The van der Waals surface area contributed by atoms with Crippen molar-refractivity contribution >= 4 is 21.5 Å². The molecular weight excluding hydrogens is 581 g/mol. The van der Waals surface area contributed by atoms with Gasteiger partial charge in [0.2, 0.25) is 0 Å². The SMILES string of the molecule is CC1(C)c2cc(C#N)ccc2-c2ccc(-c3c4ccccc4c(-c4ccc5c(c4)C(C)(C)c4cc(C#N)ccc4-5)c4ccccc34)cc21. The van der Waals surface area contributed by atoms with Crippen LogP contribution in [0.1, 0.15) is 61.1 Å². The fraction of sp³-hybridized carbons (Fsp3) is 0.130. The van der Waals surface area contributed by atoms with E-state index in [1.165, 1.54) is 88.3 Å². The molecule has 2 aliphatic carbocycles. The van der Waals surface area contributed by atoms with Gasteiger partial charge in [0.25, 0.3) is 0 Å². The molecule has 7 aromatic rings. The zero-order valence-electron chi connectivity index (χ0n) is 27.4. The molecule has 0 saturated carbocycles. The third kappa shape index (κ3) is 3.72. The second-order valence-electron chi connectivity index (χ2n) is 14.4. The third-order valence-corrected chi connectivity index (χ3v) is 11.1. The predicted octanol–water partition coefficient (Wildman–Crippen LogP) is 11.7. The minimum Gasteiger partial charge on any atom is -0.192 e. The minimum absolute atomic E-state index is 0.220. The van der Waals surface area contributed by atoms with Crippen molar-refractivity contribution in [3.63, 3.8) is 0 Å². The van der Waals surface area contributed by atoms with Crippen molar-refractivity contribution in [1.29, 1.82) is 10.5 Å². The standard InChI is InChI=1S/C46H32N2/c1-45(2)39-21-27(25-47)13-17-31(39)33-19-15-29(23-41(33)45)43-35-9-5-7-11-37(35)44(38-12-8-6-10-36(38)43)30-16-20-34-32-18-14-28(26-48)22-40(32)46(3,4)42(34)24-30/h5-24H,1-4H3. The number of nitrogens with zero attached hydrogens (tertiary/aromatic N) is 2. The zero-order valence-corrected chi connectivity index (χ0v) is 27.4. The molecular formula is C46H32N2. The molecule has 9 rings (SSSR count). The van der Waals surface area contributed by atoms with Crippen LogP contribution < -0.4 is 0 Å². The van der Waals surface area contributed by atoms with Crippen molar-refractivity contribution in [2.75, 3.05) is 0 Å². The van der Waals surface area contributed by atoms with Gasteiger partial charge in [-0.15, -0.1) is 0 Å². The monoisotopic (exact) mass is 612 g/mol. The number of hydrogen-bond donors (Lipinski definition) is 0. The predicted molar refractivity (Wildman–Crippen MR) is 197 cm³/mol. The molecule has 0 unspecified atom stereocenters. The fourth-order valence-corrected chi connectivity index (χ4v) is 8.68. The molecule has 0 saturated heterocycles. The Kier molecular flexibility index (Phi) is 5.76. The second-order valence-corrected chi connectivity index (χ2v) is 14.4. The molecule has 48 heavy (non-hydrogen) atoms. The number of benzene rings is 7. The van der Waals surface area contributed by atoms with E-state index in [2.05, 4.69) is 149 Å². The Morgan fingerprint density at radius 1 is 0.396 bits per heavy atom. The summed E-state index contributed by atoms with van der Waals surface area (Å²) in [4.78, 5) is 0. The summed E-state index contributed by atoms with van der Waals surface area (Å²) in [6, 6.07) is 48.4. The molecule has 7 aromatic carbocycles. The van der Waals surface area contributed by atoms with E-state index in [0.29, 0.717) is 11.1 Å². The Labute approximate surface area is 281 Å². The van der Waals surface area contributed by atoms with Gasteiger partial charge in [-0.1, -0.05) is 113 Å². The van der Waals surface area contributed by atoms with E-state index in [0.717, 1.165) is 0 Å². The van der Waals surface area contributed by atoms with Gasteiger partial charge in [-0.05, 0) is 125 Å². The van der Waals surface area contributed by atoms with Crippen molar-refractivity contribution in [3.8, 4) is 56.6 Å². The van der Waals surface area contributed by atoms with Gasteiger partial charge in [0, 0.05) is 10.8 Å². The van der Waals surface area contributed by atoms with Crippen LogP contribution in [-0.2, 0) is 10.8 Å². The van der Waals surface area contributed by atoms with Crippen LogP contribution in [0.4, 0.5) is 0 Å². The minimum atomic E-state index is -0.220. The van der Waals surface area contributed by atoms with Crippen molar-refractivity contribution in [2.45, 2.75) is 38.5 Å². The average molecular weight is 613 g/mol. The van der Waals surface area contributed by atoms with Crippen LogP contribution in [0.25, 0.3) is 66.1 Å². The summed E-state index contributed by atoms with van der Waals surface area (Å²) in [5, 5.41) is 24.2. The molecule has 0 spiro atoms. The third-order valence-electron chi connectivity index (χ3n) is 11.1. The molecule has 0 aliphatic heterocycles. The molecule has 2 nitrogen and oxygen atoms in total. The topological polar surface area (TPSA) is 47.6 Å². The van der Waals surface area contributed by atoms with Crippen LogP contribution in [0.5, 0.6) is 0 Å². The maximum Gasteiger partial charge on any atom is 0.0991 e. The Morgan fingerprint density at radius 3 is 1.04 bits per heavy atom. The van der Waals surface area contributed by atoms with E-state index in [1.807, 2.05) is 12.1 Å². The maximum absolute atomic E-state index is 9.63. The lowest BCUT2D eigenvalue weighted by Gasteiger charge is -2.24. The Balaban J connectivity index is 1.27. The first kappa shape index (κ1) is 28.3. The summed E-state index contributed by atoms with van der Waals surface area (Å²) < 4.78 is 0. The number of nitriles is 2. The summed E-state index contributed by atoms with van der Waals surface area (Å²) in [6.45, 7) is 9.10. The van der Waals surface area contributed by atoms with Crippen LogP contribution >= 0.6 is 0 Å². The Morgan fingerprint density at radius 2 is 0.708 bits per heavy atom. The first-order chi connectivity index (χ1) is 23.2. The summed E-state index contributed by atoms with van der Waals surface area (Å²) in [6.07, 6.45) is 0. The van der Waals surface area contributed by atoms with Gasteiger partial charge in [0.05, 0.1) is 23.3 Å². The van der Waals surface area contributed by atoms with Gasteiger partial charge in [0.1, 0.15) is 0 Å². The van der Waals surface area contributed by atoms with Crippen LogP contribution in [0, 0.1) is 22.7 Å². The van der Waals surface area contributed by atoms with Gasteiger partial charge in [-0.25, -0.2) is 0 Å². The van der Waals surface area contributed by atoms with Crippen LogP contribution in [0.3, 0.4) is 0 Å². The molecule has 0 heterocycles. The van der Waals surface area contributed by atoms with Crippen molar-refractivity contribution in [1.82, 2.24) is 0 Å². The van der Waals surface area contributed by atoms with E-state index in [4.69, 9.17) is 0 Å². The molecule has 2 aliphatic rings. The first-order valence-electron chi connectivity index (χ1n) is 16.6. The van der Waals surface area contributed by atoms with Gasteiger partial charge >= 0.3 is 0 Å². The average Bonchev–Trinajstić information content (AvgIpc) is 3.48. The van der Waals surface area contributed by atoms with Gasteiger partial charge in [0.15, 0.2) is 0 Å². The highest BCUT2D eigenvalue weighted by Crippen LogP contribution is 2.53. The van der Waals surface area contributed by atoms with Crippen LogP contribution in [0.15, 0.2) is 121 Å². The highest BCUT2D eigenvalue weighted by atomic mass is 14.4. The van der Waals surface area contributed by atoms with E-state index < -0.39 is 0 Å². The molecule has 0 aromatic heterocycles. The first-order valence-corrected chi connectivity index (χ1v) is 16.6. The highest BCUT2D eigenvalue weighted by molar-refractivity contribution is 6.21. The molecule has 2 heteroatoms. The number of rotatable bonds is 2. The van der Waals surface area contributed by atoms with E-state index in [1.54, 1.807) is 0 Å². The summed E-state index contributed by atoms with van der Waals surface area (Å²) in [5.74, 6) is 0. The fourth-order valence-electron chi connectivity index (χ4n) is 8.68. The van der Waals surface area contributed by atoms with Crippen LogP contribution in [0.2, 0.25) is 0 Å². The second kappa shape index (κ2) is 9.78. The Hall–Kier alpha value is -5.96.